The maximum Gasteiger partial charge on any atom is 0.416 e. The van der Waals surface area contributed by atoms with Crippen LogP contribution in [0.25, 0.3) is 0 Å². The molecule has 1 aliphatic rings. The van der Waals surface area contributed by atoms with Crippen molar-refractivity contribution >= 4 is 11.9 Å². The van der Waals surface area contributed by atoms with Gasteiger partial charge in [-0.3, -0.25) is 4.79 Å². The number of anilines is 1. The van der Waals surface area contributed by atoms with Gasteiger partial charge in [-0.2, -0.15) is 13.2 Å². The number of benzene rings is 1. The van der Waals surface area contributed by atoms with Crippen LogP contribution in [-0.4, -0.2) is 27.3 Å². The van der Waals surface area contributed by atoms with Crippen LogP contribution < -0.4 is 5.73 Å². The van der Waals surface area contributed by atoms with Crippen molar-refractivity contribution in [2.45, 2.75) is 25.6 Å². The second-order valence-electron chi connectivity index (χ2n) is 5.64. The SMILES string of the molecule is Nc1ncc2c(n1)CN(C(=O)Cc1cccc(C(F)(F)F)c1)CC2. The summed E-state index contributed by atoms with van der Waals surface area (Å²) in [5.41, 5.74) is 6.76. The van der Waals surface area contributed by atoms with E-state index in [-0.39, 0.29) is 18.3 Å². The quantitative estimate of drug-likeness (QED) is 0.913. The van der Waals surface area contributed by atoms with Crippen LogP contribution in [0.15, 0.2) is 30.5 Å². The van der Waals surface area contributed by atoms with Crippen LogP contribution in [-0.2, 0) is 30.4 Å². The number of halogens is 3. The third kappa shape index (κ3) is 3.47. The van der Waals surface area contributed by atoms with E-state index in [4.69, 9.17) is 5.73 Å². The molecule has 0 aliphatic carbocycles. The average molecular weight is 336 g/mol. The van der Waals surface area contributed by atoms with Gasteiger partial charge in [0.1, 0.15) is 0 Å². The van der Waals surface area contributed by atoms with Crippen LogP contribution in [0.5, 0.6) is 0 Å². The summed E-state index contributed by atoms with van der Waals surface area (Å²) in [4.78, 5) is 22.0. The number of amides is 1. The number of carbonyl (C=O) groups is 1. The molecular weight excluding hydrogens is 321 g/mol. The van der Waals surface area contributed by atoms with Crippen LogP contribution in [0.3, 0.4) is 0 Å². The van der Waals surface area contributed by atoms with E-state index in [0.29, 0.717) is 30.8 Å². The number of alkyl halides is 3. The van der Waals surface area contributed by atoms with E-state index in [1.165, 1.54) is 12.1 Å². The fraction of sp³-hybridized carbons (Fsp3) is 0.312. The minimum atomic E-state index is -4.42. The first-order valence-electron chi connectivity index (χ1n) is 7.37. The molecule has 1 amide bonds. The number of fused-ring (bicyclic) bond motifs is 1. The van der Waals surface area contributed by atoms with Gasteiger partial charge in [0, 0.05) is 12.7 Å². The fourth-order valence-electron chi connectivity index (χ4n) is 2.68. The number of hydrogen-bond donors (Lipinski definition) is 1. The van der Waals surface area contributed by atoms with Crippen LogP contribution in [0.1, 0.15) is 22.4 Å². The van der Waals surface area contributed by atoms with Crippen molar-refractivity contribution in [3.63, 3.8) is 0 Å². The molecule has 2 N–H and O–H groups in total. The second kappa shape index (κ2) is 6.10. The Bertz CT molecular complexity index is 776. The molecule has 0 spiro atoms. The van der Waals surface area contributed by atoms with Gasteiger partial charge < -0.3 is 10.6 Å². The van der Waals surface area contributed by atoms with E-state index in [0.717, 1.165) is 17.7 Å². The van der Waals surface area contributed by atoms with Crippen molar-refractivity contribution in [2.75, 3.05) is 12.3 Å². The predicted octanol–water partition coefficient (Wildman–Crippen LogP) is 2.21. The zero-order valence-electron chi connectivity index (χ0n) is 12.7. The van der Waals surface area contributed by atoms with E-state index in [1.807, 2.05) is 0 Å². The summed E-state index contributed by atoms with van der Waals surface area (Å²) < 4.78 is 38.2. The molecule has 0 saturated heterocycles. The topological polar surface area (TPSA) is 72.1 Å². The van der Waals surface area contributed by atoms with Gasteiger partial charge in [-0.15, -0.1) is 0 Å². The molecule has 1 aromatic carbocycles. The first-order valence-corrected chi connectivity index (χ1v) is 7.37. The number of nitrogens with two attached hydrogens (primary N) is 1. The minimum absolute atomic E-state index is 0.0835. The van der Waals surface area contributed by atoms with E-state index in [1.54, 1.807) is 11.1 Å². The van der Waals surface area contributed by atoms with Gasteiger partial charge in [0.15, 0.2) is 0 Å². The molecule has 24 heavy (non-hydrogen) atoms. The highest BCUT2D eigenvalue weighted by atomic mass is 19.4. The molecule has 5 nitrogen and oxygen atoms in total. The number of nitrogen functional groups attached to an aromatic ring is 1. The number of nitrogens with zero attached hydrogens (tertiary/aromatic N) is 3. The van der Waals surface area contributed by atoms with Crippen molar-refractivity contribution in [3.05, 3.63) is 52.8 Å². The molecule has 0 bridgehead atoms. The van der Waals surface area contributed by atoms with E-state index >= 15 is 0 Å². The smallest absolute Gasteiger partial charge is 0.368 e. The van der Waals surface area contributed by atoms with Crippen LogP contribution >= 0.6 is 0 Å². The number of rotatable bonds is 2. The molecule has 0 unspecified atom stereocenters. The summed E-state index contributed by atoms with van der Waals surface area (Å²) in [5.74, 6) is -0.0990. The Kier molecular flexibility index (Phi) is 4.13. The molecule has 8 heteroatoms. The lowest BCUT2D eigenvalue weighted by Crippen LogP contribution is -2.37. The van der Waals surface area contributed by atoms with Crippen molar-refractivity contribution in [2.24, 2.45) is 0 Å². The summed E-state index contributed by atoms with van der Waals surface area (Å²) in [6, 6.07) is 4.83. The van der Waals surface area contributed by atoms with Crippen LogP contribution in [0, 0.1) is 0 Å². The predicted molar refractivity (Wildman–Crippen MR) is 80.7 cm³/mol. The third-order valence-corrected chi connectivity index (χ3v) is 3.93. The van der Waals surface area contributed by atoms with Crippen molar-refractivity contribution < 1.29 is 18.0 Å². The monoisotopic (exact) mass is 336 g/mol. The van der Waals surface area contributed by atoms with E-state index in [2.05, 4.69) is 9.97 Å². The van der Waals surface area contributed by atoms with Gasteiger partial charge >= 0.3 is 6.18 Å². The highest BCUT2D eigenvalue weighted by Gasteiger charge is 2.30. The average Bonchev–Trinajstić information content (AvgIpc) is 2.53. The third-order valence-electron chi connectivity index (χ3n) is 3.93. The Morgan fingerprint density at radius 3 is 2.88 bits per heavy atom. The van der Waals surface area contributed by atoms with E-state index < -0.39 is 11.7 Å². The molecule has 0 saturated carbocycles. The summed E-state index contributed by atoms with van der Waals surface area (Å²) in [5, 5.41) is 0. The molecule has 0 fully saturated rings. The Morgan fingerprint density at radius 2 is 2.12 bits per heavy atom. The van der Waals surface area contributed by atoms with Gasteiger partial charge in [0.05, 0.1) is 24.2 Å². The maximum absolute atomic E-state index is 12.7. The summed E-state index contributed by atoms with van der Waals surface area (Å²) in [6.45, 7) is 0.776. The summed E-state index contributed by atoms with van der Waals surface area (Å²) in [6.07, 6.45) is -2.26. The molecular formula is C16H15F3N4O. The molecule has 1 aliphatic heterocycles. The standard InChI is InChI=1S/C16H15F3N4O/c17-16(18,19)12-3-1-2-10(6-12)7-14(24)23-5-4-11-8-21-15(20)22-13(11)9-23/h1-3,6,8H,4-5,7,9H2,(H2,20,21,22). The normalized spacial score (nSPS) is 14.4. The molecule has 1 aromatic heterocycles. The summed E-state index contributed by atoms with van der Waals surface area (Å²) in [7, 11) is 0. The highest BCUT2D eigenvalue weighted by molar-refractivity contribution is 5.79. The summed E-state index contributed by atoms with van der Waals surface area (Å²) >= 11 is 0. The van der Waals surface area contributed by atoms with Crippen molar-refractivity contribution in [1.29, 1.82) is 0 Å². The first-order chi connectivity index (χ1) is 11.3. The largest absolute Gasteiger partial charge is 0.416 e. The van der Waals surface area contributed by atoms with Gasteiger partial charge in [-0.25, -0.2) is 9.97 Å². The minimum Gasteiger partial charge on any atom is -0.368 e. The van der Waals surface area contributed by atoms with Crippen LogP contribution in [0.4, 0.5) is 19.1 Å². The number of hydrogen-bond acceptors (Lipinski definition) is 4. The van der Waals surface area contributed by atoms with E-state index in [9.17, 15) is 18.0 Å². The molecule has 126 valence electrons. The molecule has 0 radical (unpaired) electrons. The molecule has 0 atom stereocenters. The lowest BCUT2D eigenvalue weighted by molar-refractivity contribution is -0.138. The molecule has 2 aromatic rings. The maximum atomic E-state index is 12.7. The Hall–Kier alpha value is -2.64. The Labute approximate surface area is 136 Å². The molecule has 3 rings (SSSR count). The van der Waals surface area contributed by atoms with Gasteiger partial charge in [-0.1, -0.05) is 18.2 Å². The second-order valence-corrected chi connectivity index (χ2v) is 5.64. The number of aromatic nitrogens is 2. The highest BCUT2D eigenvalue weighted by Crippen LogP contribution is 2.29. The number of carbonyl (C=O) groups excluding carboxylic acids is 1. The Balaban J connectivity index is 1.72. The zero-order valence-corrected chi connectivity index (χ0v) is 12.7. The van der Waals surface area contributed by atoms with Gasteiger partial charge in [-0.05, 0) is 23.6 Å². The van der Waals surface area contributed by atoms with Crippen molar-refractivity contribution in [1.82, 2.24) is 14.9 Å². The van der Waals surface area contributed by atoms with Gasteiger partial charge in [0.25, 0.3) is 0 Å². The lowest BCUT2D eigenvalue weighted by Gasteiger charge is -2.28. The first kappa shape index (κ1) is 16.2. The van der Waals surface area contributed by atoms with Crippen LogP contribution in [0.2, 0.25) is 0 Å². The zero-order chi connectivity index (χ0) is 17.3. The molecule has 2 heterocycles. The fourth-order valence-corrected chi connectivity index (χ4v) is 2.68. The Morgan fingerprint density at radius 1 is 1.33 bits per heavy atom. The van der Waals surface area contributed by atoms with Gasteiger partial charge in [0.2, 0.25) is 11.9 Å². The lowest BCUT2D eigenvalue weighted by atomic mass is 10.0. The van der Waals surface area contributed by atoms with Crippen molar-refractivity contribution in [3.8, 4) is 0 Å².